The number of nitrogens with one attached hydrogen (secondary N) is 2. The summed E-state index contributed by atoms with van der Waals surface area (Å²) in [6.07, 6.45) is 0.857. The van der Waals surface area contributed by atoms with Crippen LogP contribution in [0.15, 0.2) is 10.6 Å². The number of aryl methyl sites for hydroxylation is 1. The monoisotopic (exact) mass is 299 g/mol. The van der Waals surface area contributed by atoms with Gasteiger partial charge in [-0.2, -0.15) is 0 Å². The fraction of sp³-hybridized carbons (Fsp3) is 0.615. The molecule has 0 aromatic carbocycles. The highest BCUT2D eigenvalue weighted by molar-refractivity contribution is 8.00. The van der Waals surface area contributed by atoms with Gasteiger partial charge in [-0.1, -0.05) is 12.1 Å². The second-order valence-electron chi connectivity index (χ2n) is 5.15. The maximum Gasteiger partial charge on any atom is 0.235 e. The lowest BCUT2D eigenvalue weighted by atomic mass is 10.0. The van der Waals surface area contributed by atoms with Crippen LogP contribution in [0.5, 0.6) is 0 Å². The molecule has 2 amide bonds. The quantitative estimate of drug-likeness (QED) is 0.804. The van der Waals surface area contributed by atoms with Gasteiger partial charge in [-0.05, 0) is 27.2 Å². The molecule has 0 fully saturated rings. The van der Waals surface area contributed by atoms with Gasteiger partial charge >= 0.3 is 0 Å². The van der Waals surface area contributed by atoms with Crippen molar-refractivity contribution in [1.29, 1.82) is 0 Å². The Kier molecular flexibility index (Phi) is 6.06. The average molecular weight is 299 g/mol. The molecule has 20 heavy (non-hydrogen) atoms. The molecule has 1 rings (SSSR count). The summed E-state index contributed by atoms with van der Waals surface area (Å²) in [5.74, 6) is 1.22. The molecule has 2 N–H and O–H groups in total. The first-order valence-corrected chi connectivity index (χ1v) is 7.60. The van der Waals surface area contributed by atoms with Gasteiger partial charge in [0.2, 0.25) is 11.8 Å². The molecular formula is C13H21N3O3S. The number of nitrogens with zero attached hydrogens (tertiary/aromatic N) is 1. The molecule has 0 unspecified atom stereocenters. The predicted octanol–water partition coefficient (Wildman–Crippen LogP) is 1.96. The van der Waals surface area contributed by atoms with Crippen LogP contribution in [0.3, 0.4) is 0 Å². The van der Waals surface area contributed by atoms with Crippen molar-refractivity contribution in [2.75, 3.05) is 16.8 Å². The van der Waals surface area contributed by atoms with Crippen molar-refractivity contribution in [3.05, 3.63) is 11.8 Å². The summed E-state index contributed by atoms with van der Waals surface area (Å²) in [6.45, 7) is 7.70. The van der Waals surface area contributed by atoms with Crippen LogP contribution in [0.1, 0.15) is 33.0 Å². The van der Waals surface area contributed by atoms with Crippen LogP contribution in [0.4, 0.5) is 5.82 Å². The van der Waals surface area contributed by atoms with Crippen LogP contribution < -0.4 is 10.6 Å². The standard InChI is InChI=1S/C13H21N3O3S/c1-5-13(3,4)15-12(18)8-20-7-11(17)14-10-6-9(2)19-16-10/h6H,5,7-8H2,1-4H3,(H,15,18)(H,14,16,17). The first-order valence-electron chi connectivity index (χ1n) is 6.44. The Morgan fingerprint density at radius 3 is 2.55 bits per heavy atom. The molecule has 0 spiro atoms. The molecule has 0 radical (unpaired) electrons. The minimum atomic E-state index is -0.210. The number of anilines is 1. The van der Waals surface area contributed by atoms with Crippen molar-refractivity contribution >= 4 is 29.4 Å². The zero-order valence-corrected chi connectivity index (χ0v) is 13.1. The summed E-state index contributed by atoms with van der Waals surface area (Å²) in [4.78, 5) is 23.3. The molecule has 0 saturated carbocycles. The first kappa shape index (κ1) is 16.6. The summed E-state index contributed by atoms with van der Waals surface area (Å²) in [7, 11) is 0. The van der Waals surface area contributed by atoms with Gasteiger partial charge in [0.15, 0.2) is 5.82 Å². The van der Waals surface area contributed by atoms with E-state index < -0.39 is 0 Å². The first-order chi connectivity index (χ1) is 9.32. The number of amides is 2. The molecule has 0 aliphatic rings. The smallest absolute Gasteiger partial charge is 0.235 e. The number of thioether (sulfide) groups is 1. The molecule has 1 aromatic heterocycles. The van der Waals surface area contributed by atoms with E-state index in [2.05, 4.69) is 15.8 Å². The largest absolute Gasteiger partial charge is 0.360 e. The zero-order valence-electron chi connectivity index (χ0n) is 12.3. The summed E-state index contributed by atoms with van der Waals surface area (Å²) in [5.41, 5.74) is -0.210. The lowest BCUT2D eigenvalue weighted by Gasteiger charge is -2.24. The highest BCUT2D eigenvalue weighted by Gasteiger charge is 2.17. The van der Waals surface area contributed by atoms with Gasteiger partial charge in [0.25, 0.3) is 0 Å². The molecule has 112 valence electrons. The van der Waals surface area contributed by atoms with E-state index in [9.17, 15) is 9.59 Å². The SMILES string of the molecule is CCC(C)(C)NC(=O)CSCC(=O)Nc1cc(C)on1. The van der Waals surface area contributed by atoms with Gasteiger partial charge in [0.05, 0.1) is 11.5 Å². The number of carbonyl (C=O) groups is 2. The molecule has 6 nitrogen and oxygen atoms in total. The summed E-state index contributed by atoms with van der Waals surface area (Å²) in [5, 5.41) is 9.18. The summed E-state index contributed by atoms with van der Waals surface area (Å²) >= 11 is 1.26. The minimum Gasteiger partial charge on any atom is -0.360 e. The third-order valence-corrected chi connectivity index (χ3v) is 3.66. The van der Waals surface area contributed by atoms with Crippen LogP contribution in [-0.4, -0.2) is 34.0 Å². The maximum absolute atomic E-state index is 11.7. The van der Waals surface area contributed by atoms with Gasteiger partial charge in [0, 0.05) is 11.6 Å². The van der Waals surface area contributed by atoms with E-state index in [4.69, 9.17) is 4.52 Å². The fourth-order valence-electron chi connectivity index (χ4n) is 1.34. The Balaban J connectivity index is 2.23. The van der Waals surface area contributed by atoms with Crippen LogP contribution in [0.25, 0.3) is 0 Å². The third kappa shape index (κ3) is 6.10. The Labute approximate surface area is 123 Å². The predicted molar refractivity (Wildman–Crippen MR) is 79.7 cm³/mol. The van der Waals surface area contributed by atoms with Gasteiger partial charge in [-0.3, -0.25) is 9.59 Å². The maximum atomic E-state index is 11.7. The Morgan fingerprint density at radius 1 is 1.35 bits per heavy atom. The number of aromatic nitrogens is 1. The van der Waals surface area contributed by atoms with E-state index >= 15 is 0 Å². The minimum absolute atomic E-state index is 0.0630. The number of carbonyl (C=O) groups excluding carboxylic acids is 2. The number of hydrogen-bond acceptors (Lipinski definition) is 5. The summed E-state index contributed by atoms with van der Waals surface area (Å²) in [6, 6.07) is 1.64. The van der Waals surface area contributed by atoms with E-state index in [0.717, 1.165) is 6.42 Å². The second kappa shape index (κ2) is 7.33. The molecule has 1 aromatic rings. The van der Waals surface area contributed by atoms with Crippen molar-refractivity contribution in [3.8, 4) is 0 Å². The van der Waals surface area contributed by atoms with Crippen LogP contribution in [0.2, 0.25) is 0 Å². The molecular weight excluding hydrogens is 278 g/mol. The molecule has 0 saturated heterocycles. The molecule has 0 aliphatic carbocycles. The van der Waals surface area contributed by atoms with Crippen molar-refractivity contribution < 1.29 is 14.1 Å². The Hall–Kier alpha value is -1.50. The normalized spacial score (nSPS) is 11.2. The van der Waals surface area contributed by atoms with E-state index in [1.807, 2.05) is 20.8 Å². The van der Waals surface area contributed by atoms with Crippen molar-refractivity contribution in [3.63, 3.8) is 0 Å². The lowest BCUT2D eigenvalue weighted by molar-refractivity contribution is -0.120. The van der Waals surface area contributed by atoms with Crippen molar-refractivity contribution in [1.82, 2.24) is 10.5 Å². The zero-order chi connectivity index (χ0) is 15.2. The lowest BCUT2D eigenvalue weighted by Crippen LogP contribution is -2.43. The number of hydrogen-bond donors (Lipinski definition) is 2. The molecule has 0 aliphatic heterocycles. The molecule has 7 heteroatoms. The Bertz CT molecular complexity index is 471. The second-order valence-corrected chi connectivity index (χ2v) is 6.13. The van der Waals surface area contributed by atoms with Crippen molar-refractivity contribution in [2.24, 2.45) is 0 Å². The van der Waals surface area contributed by atoms with Gasteiger partial charge in [-0.15, -0.1) is 11.8 Å². The van der Waals surface area contributed by atoms with Gasteiger partial charge in [-0.25, -0.2) is 0 Å². The fourth-order valence-corrected chi connectivity index (χ4v) is 1.96. The Morgan fingerprint density at radius 2 is 2.00 bits per heavy atom. The number of rotatable bonds is 7. The highest BCUT2D eigenvalue weighted by Crippen LogP contribution is 2.10. The van der Waals surface area contributed by atoms with Crippen LogP contribution in [0, 0.1) is 6.92 Å². The average Bonchev–Trinajstić information content (AvgIpc) is 2.74. The van der Waals surface area contributed by atoms with E-state index in [0.29, 0.717) is 11.6 Å². The van der Waals surface area contributed by atoms with E-state index in [1.165, 1.54) is 11.8 Å². The van der Waals surface area contributed by atoms with E-state index in [1.54, 1.807) is 13.0 Å². The summed E-state index contributed by atoms with van der Waals surface area (Å²) < 4.78 is 4.84. The highest BCUT2D eigenvalue weighted by atomic mass is 32.2. The third-order valence-electron chi connectivity index (χ3n) is 2.72. The van der Waals surface area contributed by atoms with Gasteiger partial charge in [0.1, 0.15) is 5.76 Å². The van der Waals surface area contributed by atoms with Crippen LogP contribution in [-0.2, 0) is 9.59 Å². The topological polar surface area (TPSA) is 84.2 Å². The molecule has 0 atom stereocenters. The molecule has 0 bridgehead atoms. The van der Waals surface area contributed by atoms with Crippen molar-refractivity contribution in [2.45, 2.75) is 39.7 Å². The van der Waals surface area contributed by atoms with E-state index in [-0.39, 0.29) is 28.9 Å². The molecule has 1 heterocycles. The van der Waals surface area contributed by atoms with Crippen LogP contribution >= 0.6 is 11.8 Å². The van der Waals surface area contributed by atoms with Gasteiger partial charge < -0.3 is 15.2 Å².